The summed E-state index contributed by atoms with van der Waals surface area (Å²) >= 11 is -0.826. The van der Waals surface area contributed by atoms with Gasteiger partial charge in [0.2, 0.25) is 0 Å². The second-order valence-electron chi connectivity index (χ2n) is 7.29. The van der Waals surface area contributed by atoms with Gasteiger partial charge < -0.3 is 0 Å². The maximum atomic E-state index is 4.93. The van der Waals surface area contributed by atoms with Crippen LogP contribution in [0.25, 0.3) is 11.1 Å². The van der Waals surface area contributed by atoms with Crippen molar-refractivity contribution >= 4 is 17.0 Å². The predicted molar refractivity (Wildman–Crippen MR) is 104 cm³/mol. The fourth-order valence-electron chi connectivity index (χ4n) is 3.48. The van der Waals surface area contributed by atoms with E-state index in [1.54, 1.807) is 11.1 Å². The van der Waals surface area contributed by atoms with Crippen LogP contribution in [0.4, 0.5) is 0 Å². The van der Waals surface area contributed by atoms with Crippen molar-refractivity contribution in [3.05, 3.63) is 57.6 Å². The summed E-state index contributed by atoms with van der Waals surface area (Å²) in [6, 6.07) is 9.63. The first-order valence-electron chi connectivity index (χ1n) is 8.53. The molecule has 3 rings (SSSR count). The van der Waals surface area contributed by atoms with Gasteiger partial charge in [-0.25, -0.2) is 0 Å². The molecule has 0 aliphatic heterocycles. The SMILES string of the molecule is Cc1cc(C(C)C)cc2c1Cc1c(C)cc(C(C)C)cc1-2.[Cl][Zr][Cl]. The van der Waals surface area contributed by atoms with E-state index < -0.39 is 20.8 Å². The molecule has 0 unspecified atom stereocenters. The molecule has 2 aromatic carbocycles. The average molecular weight is 441 g/mol. The van der Waals surface area contributed by atoms with Crippen LogP contribution in [-0.2, 0) is 27.3 Å². The normalized spacial score (nSPS) is 11.9. The molecule has 24 heavy (non-hydrogen) atoms. The van der Waals surface area contributed by atoms with Crippen molar-refractivity contribution in [2.75, 3.05) is 0 Å². The second-order valence-corrected chi connectivity index (χ2v) is 11.0. The van der Waals surface area contributed by atoms with E-state index in [-0.39, 0.29) is 0 Å². The molecule has 0 aromatic heterocycles. The van der Waals surface area contributed by atoms with E-state index in [0.717, 1.165) is 6.42 Å². The maximum absolute atomic E-state index is 4.93. The number of halogens is 2. The van der Waals surface area contributed by atoms with Crippen molar-refractivity contribution in [1.82, 2.24) is 0 Å². The Morgan fingerprint density at radius 1 is 0.750 bits per heavy atom. The first-order chi connectivity index (χ1) is 11.3. The molecule has 0 saturated heterocycles. The average Bonchev–Trinajstić information content (AvgIpc) is 2.88. The van der Waals surface area contributed by atoms with Crippen LogP contribution >= 0.6 is 17.0 Å². The molecule has 0 radical (unpaired) electrons. The third-order valence-corrected chi connectivity index (χ3v) is 4.97. The quantitative estimate of drug-likeness (QED) is 0.387. The number of hydrogen-bond acceptors (Lipinski definition) is 0. The van der Waals surface area contributed by atoms with Crippen molar-refractivity contribution in [2.24, 2.45) is 0 Å². The minimum atomic E-state index is -0.826. The second kappa shape index (κ2) is 8.52. The molecular weight excluding hydrogens is 414 g/mol. The Morgan fingerprint density at radius 2 is 1.08 bits per heavy atom. The van der Waals surface area contributed by atoms with E-state index in [4.69, 9.17) is 17.0 Å². The summed E-state index contributed by atoms with van der Waals surface area (Å²) in [5.41, 5.74) is 11.9. The molecule has 0 N–H and O–H groups in total. The number of aryl methyl sites for hydroxylation is 2. The van der Waals surface area contributed by atoms with Gasteiger partial charge in [0, 0.05) is 0 Å². The van der Waals surface area contributed by atoms with Crippen LogP contribution in [0.5, 0.6) is 0 Å². The number of fused-ring (bicyclic) bond motifs is 3. The van der Waals surface area contributed by atoms with Crippen molar-refractivity contribution in [3.63, 3.8) is 0 Å². The van der Waals surface area contributed by atoms with E-state index in [9.17, 15) is 0 Å². The number of hydrogen-bond donors (Lipinski definition) is 0. The van der Waals surface area contributed by atoms with Gasteiger partial charge in [0.1, 0.15) is 0 Å². The topological polar surface area (TPSA) is 0 Å². The Bertz CT molecular complexity index is 672. The van der Waals surface area contributed by atoms with Crippen molar-refractivity contribution < 1.29 is 20.8 Å². The van der Waals surface area contributed by atoms with Crippen LogP contribution in [0.2, 0.25) is 0 Å². The van der Waals surface area contributed by atoms with Gasteiger partial charge >= 0.3 is 37.9 Å². The first-order valence-corrected chi connectivity index (χ1v) is 14.9. The van der Waals surface area contributed by atoms with Crippen LogP contribution in [0.3, 0.4) is 0 Å². The molecule has 0 saturated carbocycles. The summed E-state index contributed by atoms with van der Waals surface area (Å²) in [6.45, 7) is 13.7. The predicted octanol–water partition coefficient (Wildman–Crippen LogP) is 7.50. The molecule has 1 aliphatic carbocycles. The summed E-state index contributed by atoms with van der Waals surface area (Å²) in [5.74, 6) is 1.18. The van der Waals surface area contributed by atoms with E-state index >= 15 is 0 Å². The molecule has 128 valence electrons. The Balaban J connectivity index is 0.000000647. The van der Waals surface area contributed by atoms with Gasteiger partial charge in [-0.3, -0.25) is 0 Å². The van der Waals surface area contributed by atoms with Crippen LogP contribution in [0.1, 0.15) is 72.9 Å². The van der Waals surface area contributed by atoms with Gasteiger partial charge in [-0.05, 0) is 76.6 Å². The van der Waals surface area contributed by atoms with Gasteiger partial charge in [-0.15, -0.1) is 0 Å². The van der Waals surface area contributed by atoms with Gasteiger partial charge in [-0.2, -0.15) is 0 Å². The van der Waals surface area contributed by atoms with Gasteiger partial charge in [0.25, 0.3) is 0 Å². The summed E-state index contributed by atoms with van der Waals surface area (Å²) in [4.78, 5) is 0. The van der Waals surface area contributed by atoms with Crippen molar-refractivity contribution in [2.45, 2.75) is 59.8 Å². The van der Waals surface area contributed by atoms with E-state index in [1.807, 2.05) is 0 Å². The monoisotopic (exact) mass is 438 g/mol. The summed E-state index contributed by atoms with van der Waals surface area (Å²) in [5, 5.41) is 0. The molecule has 0 fully saturated rings. The molecule has 0 bridgehead atoms. The fourth-order valence-corrected chi connectivity index (χ4v) is 3.48. The molecule has 0 amide bonds. The van der Waals surface area contributed by atoms with Gasteiger partial charge in [0.05, 0.1) is 0 Å². The Labute approximate surface area is 165 Å². The fraction of sp³-hybridized carbons (Fsp3) is 0.429. The standard InChI is InChI=1S/C21H26.2ClH.Zr/c1-12(2)16-7-14(5)18-11-19-15(6)8-17(13(3)4)10-21(19)20(18)9-16;;;/h7-10,12-13H,11H2,1-6H3;2*1H;/q;;;+2/p-2. The van der Waals surface area contributed by atoms with Gasteiger partial charge in [-0.1, -0.05) is 52.0 Å². The third kappa shape index (κ3) is 4.17. The molecule has 0 atom stereocenters. The van der Waals surface area contributed by atoms with E-state index in [2.05, 4.69) is 65.8 Å². The molecular formula is C21H26Cl2Zr. The molecule has 0 heterocycles. The Hall–Kier alpha value is -0.0969. The number of rotatable bonds is 2. The Kier molecular flexibility index (Phi) is 7.18. The molecule has 3 heteroatoms. The Morgan fingerprint density at radius 3 is 1.38 bits per heavy atom. The summed E-state index contributed by atoms with van der Waals surface area (Å²) < 4.78 is 0. The van der Waals surface area contributed by atoms with Crippen LogP contribution in [0.15, 0.2) is 24.3 Å². The summed E-state index contributed by atoms with van der Waals surface area (Å²) in [6.07, 6.45) is 1.11. The van der Waals surface area contributed by atoms with Crippen molar-refractivity contribution in [3.8, 4) is 11.1 Å². The van der Waals surface area contributed by atoms with Crippen LogP contribution < -0.4 is 0 Å². The first kappa shape index (κ1) is 20.2. The van der Waals surface area contributed by atoms with E-state index in [0.29, 0.717) is 11.8 Å². The van der Waals surface area contributed by atoms with E-state index in [1.165, 1.54) is 33.4 Å². The zero-order valence-electron chi connectivity index (χ0n) is 15.4. The molecule has 0 spiro atoms. The minimum absolute atomic E-state index is 0.590. The third-order valence-electron chi connectivity index (χ3n) is 4.97. The van der Waals surface area contributed by atoms with Crippen LogP contribution in [-0.4, -0.2) is 0 Å². The molecule has 0 nitrogen and oxygen atoms in total. The zero-order valence-corrected chi connectivity index (χ0v) is 19.4. The molecule has 2 aromatic rings. The number of benzene rings is 2. The zero-order chi connectivity index (χ0) is 18.0. The summed E-state index contributed by atoms with van der Waals surface area (Å²) in [7, 11) is 9.87. The van der Waals surface area contributed by atoms with Crippen LogP contribution in [0, 0.1) is 13.8 Å². The van der Waals surface area contributed by atoms with Crippen molar-refractivity contribution in [1.29, 1.82) is 0 Å². The molecule has 1 aliphatic rings. The van der Waals surface area contributed by atoms with Gasteiger partial charge in [0.15, 0.2) is 0 Å².